The van der Waals surface area contributed by atoms with Crippen LogP contribution in [0.3, 0.4) is 0 Å². The van der Waals surface area contributed by atoms with Crippen molar-refractivity contribution in [2.24, 2.45) is 5.92 Å². The van der Waals surface area contributed by atoms with Crippen LogP contribution in [0.15, 0.2) is 22.7 Å². The summed E-state index contributed by atoms with van der Waals surface area (Å²) in [7, 11) is 0. The largest absolute Gasteiger partial charge is 0.380 e. The van der Waals surface area contributed by atoms with Gasteiger partial charge in [-0.2, -0.15) is 0 Å². The topological polar surface area (TPSA) is 12.0 Å². The van der Waals surface area contributed by atoms with Crippen molar-refractivity contribution in [2.45, 2.75) is 38.6 Å². The van der Waals surface area contributed by atoms with Crippen molar-refractivity contribution in [3.05, 3.63) is 28.5 Å². The molecule has 1 aliphatic rings. The number of rotatable bonds is 3. The van der Waals surface area contributed by atoms with Crippen LogP contribution in [0.5, 0.6) is 0 Å². The standard InChI is InChI=1S/C13H17BrFN/c1-2-9-3-5-11(7-9)16-13-8-10(14)4-6-12(13)15/h4,6,8-9,11,16H,2-3,5,7H2,1H3. The molecule has 0 aromatic heterocycles. The fourth-order valence-corrected chi connectivity index (χ4v) is 2.77. The van der Waals surface area contributed by atoms with Gasteiger partial charge in [0.25, 0.3) is 0 Å². The average molecular weight is 286 g/mol. The van der Waals surface area contributed by atoms with Gasteiger partial charge in [0.15, 0.2) is 0 Å². The Labute approximate surface area is 105 Å². The first-order valence-corrected chi connectivity index (χ1v) is 6.70. The number of anilines is 1. The van der Waals surface area contributed by atoms with Crippen molar-refractivity contribution in [1.82, 2.24) is 0 Å². The van der Waals surface area contributed by atoms with E-state index in [4.69, 9.17) is 0 Å². The van der Waals surface area contributed by atoms with Crippen LogP contribution >= 0.6 is 15.9 Å². The van der Waals surface area contributed by atoms with Gasteiger partial charge in [-0.15, -0.1) is 0 Å². The van der Waals surface area contributed by atoms with Crippen molar-refractivity contribution in [3.63, 3.8) is 0 Å². The van der Waals surface area contributed by atoms with E-state index in [2.05, 4.69) is 28.2 Å². The molecule has 1 aromatic rings. The second-order valence-corrected chi connectivity index (χ2v) is 5.47. The summed E-state index contributed by atoms with van der Waals surface area (Å²) in [6.07, 6.45) is 4.83. The van der Waals surface area contributed by atoms with Crippen molar-refractivity contribution in [1.29, 1.82) is 0 Å². The molecule has 2 rings (SSSR count). The highest BCUT2D eigenvalue weighted by Gasteiger charge is 2.23. The highest BCUT2D eigenvalue weighted by Crippen LogP contribution is 2.31. The first-order chi connectivity index (χ1) is 7.69. The summed E-state index contributed by atoms with van der Waals surface area (Å²) in [5, 5.41) is 3.31. The minimum Gasteiger partial charge on any atom is -0.380 e. The molecule has 1 nitrogen and oxygen atoms in total. The third-order valence-electron chi connectivity index (χ3n) is 3.41. The predicted octanol–water partition coefficient (Wildman–Crippen LogP) is 4.58. The van der Waals surface area contributed by atoms with Gasteiger partial charge in [-0.25, -0.2) is 4.39 Å². The number of hydrogen-bond acceptors (Lipinski definition) is 1. The van der Waals surface area contributed by atoms with Crippen LogP contribution in [-0.4, -0.2) is 6.04 Å². The molecule has 0 heterocycles. The van der Waals surface area contributed by atoms with Crippen LogP contribution in [0.4, 0.5) is 10.1 Å². The lowest BCUT2D eigenvalue weighted by molar-refractivity contribution is 0.524. The Balaban J connectivity index is 2.01. The molecular formula is C13H17BrFN. The summed E-state index contributed by atoms with van der Waals surface area (Å²) in [5.41, 5.74) is 0.621. The summed E-state index contributed by atoms with van der Waals surface area (Å²) < 4.78 is 14.4. The molecule has 0 amide bonds. The Hall–Kier alpha value is -0.570. The fraction of sp³-hybridized carbons (Fsp3) is 0.538. The van der Waals surface area contributed by atoms with Gasteiger partial charge in [0.2, 0.25) is 0 Å². The molecule has 16 heavy (non-hydrogen) atoms. The third kappa shape index (κ3) is 2.76. The lowest BCUT2D eigenvalue weighted by atomic mass is 10.1. The maximum atomic E-state index is 13.5. The minimum absolute atomic E-state index is 0.164. The van der Waals surface area contributed by atoms with Crippen molar-refractivity contribution in [3.8, 4) is 0 Å². The third-order valence-corrected chi connectivity index (χ3v) is 3.90. The first-order valence-electron chi connectivity index (χ1n) is 5.90. The molecule has 0 radical (unpaired) electrons. The molecule has 2 unspecified atom stereocenters. The van der Waals surface area contributed by atoms with Crippen LogP contribution in [0.1, 0.15) is 32.6 Å². The van der Waals surface area contributed by atoms with Crippen molar-refractivity contribution < 1.29 is 4.39 Å². The van der Waals surface area contributed by atoms with E-state index in [0.29, 0.717) is 11.7 Å². The van der Waals surface area contributed by atoms with Gasteiger partial charge in [0.1, 0.15) is 5.82 Å². The van der Waals surface area contributed by atoms with E-state index in [1.807, 2.05) is 6.07 Å². The molecule has 0 saturated heterocycles. The fourth-order valence-electron chi connectivity index (χ4n) is 2.40. The Morgan fingerprint density at radius 3 is 2.94 bits per heavy atom. The van der Waals surface area contributed by atoms with E-state index in [-0.39, 0.29) is 5.82 Å². The number of benzene rings is 1. The van der Waals surface area contributed by atoms with Crippen LogP contribution in [0.2, 0.25) is 0 Å². The lowest BCUT2D eigenvalue weighted by Gasteiger charge is -2.15. The molecular weight excluding hydrogens is 269 g/mol. The van der Waals surface area contributed by atoms with Gasteiger partial charge in [-0.3, -0.25) is 0 Å². The van der Waals surface area contributed by atoms with Gasteiger partial charge >= 0.3 is 0 Å². The van der Waals surface area contributed by atoms with Gasteiger partial charge in [-0.1, -0.05) is 29.3 Å². The number of halogens is 2. The summed E-state index contributed by atoms with van der Waals surface area (Å²) in [4.78, 5) is 0. The molecule has 88 valence electrons. The smallest absolute Gasteiger partial charge is 0.146 e. The zero-order valence-electron chi connectivity index (χ0n) is 9.47. The predicted molar refractivity (Wildman–Crippen MR) is 69.1 cm³/mol. The molecule has 1 aromatic carbocycles. The van der Waals surface area contributed by atoms with Crippen molar-refractivity contribution >= 4 is 21.6 Å². The van der Waals surface area contributed by atoms with E-state index >= 15 is 0 Å². The Morgan fingerprint density at radius 1 is 1.44 bits per heavy atom. The van der Waals surface area contributed by atoms with E-state index in [9.17, 15) is 4.39 Å². The second kappa shape index (κ2) is 5.17. The molecule has 0 bridgehead atoms. The Kier molecular flexibility index (Phi) is 3.85. The van der Waals surface area contributed by atoms with E-state index in [0.717, 1.165) is 16.8 Å². The summed E-state index contributed by atoms with van der Waals surface area (Å²) in [5.74, 6) is 0.649. The summed E-state index contributed by atoms with van der Waals surface area (Å²) >= 11 is 3.36. The molecule has 1 fully saturated rings. The van der Waals surface area contributed by atoms with Gasteiger partial charge in [0, 0.05) is 10.5 Å². The number of nitrogens with one attached hydrogen (secondary N) is 1. The highest BCUT2D eigenvalue weighted by atomic mass is 79.9. The molecule has 0 aliphatic heterocycles. The van der Waals surface area contributed by atoms with Gasteiger partial charge in [-0.05, 0) is 43.4 Å². The lowest BCUT2D eigenvalue weighted by Crippen LogP contribution is -2.16. The van der Waals surface area contributed by atoms with Crippen LogP contribution in [-0.2, 0) is 0 Å². The zero-order chi connectivity index (χ0) is 11.5. The van der Waals surface area contributed by atoms with E-state index in [1.165, 1.54) is 25.3 Å². The summed E-state index contributed by atoms with van der Waals surface area (Å²) in [6.45, 7) is 2.23. The molecule has 2 atom stereocenters. The maximum absolute atomic E-state index is 13.5. The second-order valence-electron chi connectivity index (χ2n) is 4.55. The normalized spacial score (nSPS) is 24.7. The maximum Gasteiger partial charge on any atom is 0.146 e. The van der Waals surface area contributed by atoms with Crippen molar-refractivity contribution in [2.75, 3.05) is 5.32 Å². The molecule has 3 heteroatoms. The molecule has 1 N–H and O–H groups in total. The SMILES string of the molecule is CCC1CCC(Nc2cc(Br)ccc2F)C1. The highest BCUT2D eigenvalue weighted by molar-refractivity contribution is 9.10. The zero-order valence-corrected chi connectivity index (χ0v) is 11.1. The molecule has 1 saturated carbocycles. The van der Waals surface area contributed by atoms with Gasteiger partial charge < -0.3 is 5.32 Å². The summed E-state index contributed by atoms with van der Waals surface area (Å²) in [6, 6.07) is 5.48. The first kappa shape index (κ1) is 11.9. The minimum atomic E-state index is -0.164. The van der Waals surface area contributed by atoms with Crippen LogP contribution in [0.25, 0.3) is 0 Å². The quantitative estimate of drug-likeness (QED) is 0.857. The van der Waals surface area contributed by atoms with Crippen LogP contribution < -0.4 is 5.32 Å². The van der Waals surface area contributed by atoms with Crippen LogP contribution in [0, 0.1) is 11.7 Å². The number of hydrogen-bond donors (Lipinski definition) is 1. The average Bonchev–Trinajstić information content (AvgIpc) is 2.71. The molecule has 1 aliphatic carbocycles. The van der Waals surface area contributed by atoms with E-state index in [1.54, 1.807) is 6.07 Å². The van der Waals surface area contributed by atoms with E-state index < -0.39 is 0 Å². The monoisotopic (exact) mass is 285 g/mol. The Bertz CT molecular complexity index is 367. The molecule has 0 spiro atoms. The Morgan fingerprint density at radius 2 is 2.25 bits per heavy atom. The van der Waals surface area contributed by atoms with Gasteiger partial charge in [0.05, 0.1) is 5.69 Å².